The summed E-state index contributed by atoms with van der Waals surface area (Å²) < 4.78 is 46.2. The lowest BCUT2D eigenvalue weighted by Crippen LogP contribution is -2.26. The van der Waals surface area contributed by atoms with E-state index in [-0.39, 0.29) is 5.56 Å². The van der Waals surface area contributed by atoms with E-state index in [2.05, 4.69) is 15.1 Å². The van der Waals surface area contributed by atoms with Gasteiger partial charge in [-0.3, -0.25) is 4.79 Å². The predicted molar refractivity (Wildman–Crippen MR) is 94.1 cm³/mol. The number of hydrogen-bond acceptors (Lipinski definition) is 4. The van der Waals surface area contributed by atoms with Gasteiger partial charge >= 0.3 is 6.18 Å². The smallest absolute Gasteiger partial charge is 0.365 e. The molecule has 0 radical (unpaired) electrons. The molecule has 1 aliphatic heterocycles. The van der Waals surface area contributed by atoms with Crippen molar-refractivity contribution in [1.29, 1.82) is 0 Å². The lowest BCUT2D eigenvalue weighted by Gasteiger charge is -2.28. The van der Waals surface area contributed by atoms with Crippen LogP contribution in [0.4, 0.5) is 13.2 Å². The molecule has 4 rings (SSSR count). The van der Waals surface area contributed by atoms with Crippen LogP contribution in [-0.4, -0.2) is 26.4 Å². The highest BCUT2D eigenvalue weighted by molar-refractivity contribution is 5.38. The Labute approximate surface area is 158 Å². The molecule has 1 fully saturated rings. The third-order valence-electron chi connectivity index (χ3n) is 4.83. The number of nitrogens with zero attached hydrogens (tertiary/aromatic N) is 3. The summed E-state index contributed by atoms with van der Waals surface area (Å²) in [5.41, 5.74) is -0.548. The first-order valence-electron chi connectivity index (χ1n) is 8.73. The number of aryl methyl sites for hydroxylation is 1. The summed E-state index contributed by atoms with van der Waals surface area (Å²) in [5, 5.41) is 4.28. The molecule has 0 spiro atoms. The molecule has 1 saturated heterocycles. The zero-order valence-electron chi connectivity index (χ0n) is 15.0. The second kappa shape index (κ2) is 6.59. The minimum atomic E-state index is -4.39. The van der Waals surface area contributed by atoms with Gasteiger partial charge in [0.1, 0.15) is 11.4 Å². The van der Waals surface area contributed by atoms with Gasteiger partial charge in [-0.15, -0.1) is 0 Å². The molecule has 0 unspecified atom stereocenters. The van der Waals surface area contributed by atoms with E-state index in [0.717, 1.165) is 18.6 Å². The van der Waals surface area contributed by atoms with Crippen LogP contribution in [0.15, 0.2) is 47.5 Å². The van der Waals surface area contributed by atoms with Crippen molar-refractivity contribution >= 4 is 0 Å². The number of halogens is 3. The molecule has 6 nitrogen and oxygen atoms in total. The van der Waals surface area contributed by atoms with Crippen molar-refractivity contribution in [1.82, 2.24) is 19.7 Å². The summed E-state index contributed by atoms with van der Waals surface area (Å²) in [5.74, 6) is 0.808. The summed E-state index contributed by atoms with van der Waals surface area (Å²) in [4.78, 5) is 18.5. The van der Waals surface area contributed by atoms with Crippen molar-refractivity contribution in [3.8, 4) is 5.82 Å². The number of nitrogens with one attached hydrogen (secondary N) is 1. The van der Waals surface area contributed by atoms with Crippen molar-refractivity contribution in [3.63, 3.8) is 0 Å². The first-order chi connectivity index (χ1) is 13.3. The van der Waals surface area contributed by atoms with E-state index in [4.69, 9.17) is 4.74 Å². The Morgan fingerprint density at radius 2 is 1.96 bits per heavy atom. The van der Waals surface area contributed by atoms with E-state index >= 15 is 0 Å². The number of H-pyrrole nitrogens is 1. The highest BCUT2D eigenvalue weighted by Crippen LogP contribution is 2.43. The Morgan fingerprint density at radius 3 is 2.57 bits per heavy atom. The van der Waals surface area contributed by atoms with Gasteiger partial charge in [-0.1, -0.05) is 12.1 Å². The fraction of sp³-hybridized carbons (Fsp3) is 0.316. The van der Waals surface area contributed by atoms with E-state index < -0.39 is 17.3 Å². The Hall–Kier alpha value is -2.94. The van der Waals surface area contributed by atoms with Crippen LogP contribution in [0.1, 0.15) is 35.4 Å². The van der Waals surface area contributed by atoms with Crippen LogP contribution in [0.25, 0.3) is 5.82 Å². The number of hydrogen-bond donors (Lipinski definition) is 1. The molecule has 9 heteroatoms. The molecule has 146 valence electrons. The number of benzene rings is 1. The molecule has 0 aliphatic carbocycles. The first kappa shape index (κ1) is 18.4. The number of ether oxygens (including phenoxy) is 1. The molecule has 0 saturated carbocycles. The molecule has 0 amide bonds. The fourth-order valence-corrected chi connectivity index (χ4v) is 3.53. The Bertz CT molecular complexity index is 1050. The average Bonchev–Trinajstić information content (AvgIpc) is 3.31. The zero-order valence-corrected chi connectivity index (χ0v) is 15.0. The molecule has 1 N–H and O–H groups in total. The van der Waals surface area contributed by atoms with E-state index in [1.807, 2.05) is 0 Å². The third kappa shape index (κ3) is 3.22. The highest BCUT2D eigenvalue weighted by Gasteiger charge is 2.41. The second-order valence-corrected chi connectivity index (χ2v) is 6.72. The Morgan fingerprint density at radius 1 is 1.21 bits per heavy atom. The minimum Gasteiger partial charge on any atom is -0.365 e. The van der Waals surface area contributed by atoms with Crippen LogP contribution in [-0.2, 0) is 16.5 Å². The van der Waals surface area contributed by atoms with Crippen molar-refractivity contribution in [2.75, 3.05) is 6.61 Å². The van der Waals surface area contributed by atoms with Crippen LogP contribution in [0.2, 0.25) is 0 Å². The summed E-state index contributed by atoms with van der Waals surface area (Å²) in [6.45, 7) is 2.16. The van der Waals surface area contributed by atoms with Gasteiger partial charge in [0.2, 0.25) is 0 Å². The van der Waals surface area contributed by atoms with Gasteiger partial charge in [0.25, 0.3) is 5.56 Å². The molecule has 28 heavy (non-hydrogen) atoms. The largest absolute Gasteiger partial charge is 0.416 e. The second-order valence-electron chi connectivity index (χ2n) is 6.72. The SMILES string of the molecule is Cc1nc(-n2cc([C@]3(c4ccc(C(F)(F)F)cc4)CCCO3)cn2)cc(=O)[nH]1. The fourth-order valence-electron chi connectivity index (χ4n) is 3.53. The van der Waals surface area contributed by atoms with E-state index in [1.165, 1.54) is 22.9 Å². The molecule has 1 aliphatic rings. The zero-order chi connectivity index (χ0) is 19.9. The standard InChI is InChI=1S/C19H17F3N4O2/c1-12-24-16(9-17(27)25-12)26-11-15(10-23-26)18(7-2-8-28-18)13-3-5-14(6-4-13)19(20,21)22/h3-6,9-11H,2,7-8H2,1H3,(H,24,25,27)/t18-/m1/s1. The summed E-state index contributed by atoms with van der Waals surface area (Å²) in [6, 6.07) is 6.34. The van der Waals surface area contributed by atoms with Gasteiger partial charge in [0.15, 0.2) is 5.82 Å². The first-order valence-corrected chi connectivity index (χ1v) is 8.73. The lowest BCUT2D eigenvalue weighted by atomic mass is 9.85. The van der Waals surface area contributed by atoms with Crippen LogP contribution in [0, 0.1) is 6.92 Å². The van der Waals surface area contributed by atoms with Crippen LogP contribution in [0.5, 0.6) is 0 Å². The molecule has 3 heterocycles. The molecule has 3 aromatic rings. The van der Waals surface area contributed by atoms with Crippen molar-refractivity contribution in [2.24, 2.45) is 0 Å². The quantitative estimate of drug-likeness (QED) is 0.745. The maximum absolute atomic E-state index is 12.9. The van der Waals surface area contributed by atoms with Gasteiger partial charge < -0.3 is 9.72 Å². The van der Waals surface area contributed by atoms with E-state index in [1.54, 1.807) is 19.3 Å². The maximum atomic E-state index is 12.9. The molecular formula is C19H17F3N4O2. The third-order valence-corrected chi connectivity index (χ3v) is 4.83. The summed E-state index contributed by atoms with van der Waals surface area (Å²) in [7, 11) is 0. The molecule has 1 aromatic carbocycles. The molecular weight excluding hydrogens is 373 g/mol. The average molecular weight is 390 g/mol. The van der Waals surface area contributed by atoms with Gasteiger partial charge in [0.05, 0.1) is 11.8 Å². The topological polar surface area (TPSA) is 72.8 Å². The number of aromatic nitrogens is 4. The van der Waals surface area contributed by atoms with Crippen molar-refractivity contribution in [2.45, 2.75) is 31.5 Å². The highest BCUT2D eigenvalue weighted by atomic mass is 19.4. The van der Waals surface area contributed by atoms with Crippen molar-refractivity contribution < 1.29 is 17.9 Å². The monoisotopic (exact) mass is 390 g/mol. The minimum absolute atomic E-state index is 0.297. The predicted octanol–water partition coefficient (Wildman–Crippen LogP) is 3.34. The Balaban J connectivity index is 1.75. The molecule has 2 aromatic heterocycles. The van der Waals surface area contributed by atoms with Crippen LogP contribution < -0.4 is 5.56 Å². The van der Waals surface area contributed by atoms with Crippen LogP contribution in [0.3, 0.4) is 0 Å². The van der Waals surface area contributed by atoms with E-state index in [0.29, 0.717) is 35.8 Å². The van der Waals surface area contributed by atoms with Gasteiger partial charge in [0, 0.05) is 24.4 Å². The number of aromatic amines is 1. The normalized spacial score (nSPS) is 19.9. The molecule has 1 atom stereocenters. The molecule has 0 bridgehead atoms. The van der Waals surface area contributed by atoms with Gasteiger partial charge in [-0.25, -0.2) is 9.67 Å². The number of alkyl halides is 3. The maximum Gasteiger partial charge on any atom is 0.416 e. The Kier molecular flexibility index (Phi) is 4.34. The van der Waals surface area contributed by atoms with E-state index in [9.17, 15) is 18.0 Å². The van der Waals surface area contributed by atoms with Gasteiger partial charge in [-0.05, 0) is 37.5 Å². The lowest BCUT2D eigenvalue weighted by molar-refractivity contribution is -0.137. The summed E-state index contributed by atoms with van der Waals surface area (Å²) in [6.07, 6.45) is 0.294. The van der Waals surface area contributed by atoms with Gasteiger partial charge in [-0.2, -0.15) is 18.3 Å². The number of rotatable bonds is 3. The van der Waals surface area contributed by atoms with Crippen molar-refractivity contribution in [3.05, 3.63) is 75.6 Å². The summed E-state index contributed by atoms with van der Waals surface area (Å²) >= 11 is 0. The van der Waals surface area contributed by atoms with Crippen LogP contribution >= 0.6 is 0 Å².